The fourth-order valence-corrected chi connectivity index (χ4v) is 3.88. The zero-order chi connectivity index (χ0) is 21.9. The molecule has 1 aromatic rings. The van der Waals surface area contributed by atoms with Crippen molar-refractivity contribution in [2.75, 3.05) is 19.6 Å². The number of benzene rings is 1. The molecule has 2 N–H and O–H groups in total. The summed E-state index contributed by atoms with van der Waals surface area (Å²) in [6.07, 6.45) is -1.33. The summed E-state index contributed by atoms with van der Waals surface area (Å²) >= 11 is 0. The Morgan fingerprint density at radius 1 is 0.933 bits per heavy atom. The van der Waals surface area contributed by atoms with Gasteiger partial charge >= 0.3 is 6.18 Å². The van der Waals surface area contributed by atoms with Gasteiger partial charge in [-0.2, -0.15) is 13.2 Å². The number of fused-ring (bicyclic) bond motifs is 1. The van der Waals surface area contributed by atoms with Gasteiger partial charge in [0, 0.05) is 18.7 Å². The molecule has 0 unspecified atom stereocenters. The van der Waals surface area contributed by atoms with E-state index in [1.165, 1.54) is 0 Å². The maximum absolute atomic E-state index is 12.5. The standard InChI is InChI=1S/C20H22F3N3O4/c21-20(22,23)13-7-5-12(6-8-13)17(28)25-10-9-24-16(27)11-26-18(29)14-3-1-2-4-15(14)19(26)30/h5-8,14-15H,1-4,9-11H2,(H,24,27)(H,25,28)/t14-,15-/m1/s1. The summed E-state index contributed by atoms with van der Waals surface area (Å²) < 4.78 is 37.6. The Labute approximate surface area is 171 Å². The number of alkyl halides is 3. The number of likely N-dealkylation sites (tertiary alicyclic amines) is 1. The molecule has 1 saturated heterocycles. The largest absolute Gasteiger partial charge is 0.416 e. The zero-order valence-corrected chi connectivity index (χ0v) is 16.1. The van der Waals surface area contributed by atoms with Gasteiger partial charge < -0.3 is 10.6 Å². The predicted octanol–water partition coefficient (Wildman–Crippen LogP) is 1.73. The van der Waals surface area contributed by atoms with Crippen molar-refractivity contribution in [1.82, 2.24) is 15.5 Å². The second-order valence-corrected chi connectivity index (χ2v) is 7.44. The molecule has 4 amide bonds. The van der Waals surface area contributed by atoms with Gasteiger partial charge in [-0.1, -0.05) is 12.8 Å². The number of rotatable bonds is 6. The predicted molar refractivity (Wildman–Crippen MR) is 99.0 cm³/mol. The van der Waals surface area contributed by atoms with Gasteiger partial charge in [0.2, 0.25) is 17.7 Å². The van der Waals surface area contributed by atoms with E-state index in [4.69, 9.17) is 0 Å². The van der Waals surface area contributed by atoms with E-state index in [0.717, 1.165) is 42.0 Å². The molecule has 1 aliphatic carbocycles. The SMILES string of the molecule is O=C(CN1C(=O)[C@@H]2CCCC[C@H]2C1=O)NCCNC(=O)c1ccc(C(F)(F)F)cc1. The van der Waals surface area contributed by atoms with Crippen LogP contribution < -0.4 is 10.6 Å². The van der Waals surface area contributed by atoms with Crippen molar-refractivity contribution in [3.63, 3.8) is 0 Å². The molecular weight excluding hydrogens is 403 g/mol. The van der Waals surface area contributed by atoms with Crippen LogP contribution in [0, 0.1) is 11.8 Å². The summed E-state index contributed by atoms with van der Waals surface area (Å²) in [6, 6.07) is 3.78. The summed E-state index contributed by atoms with van der Waals surface area (Å²) in [5.41, 5.74) is -0.789. The van der Waals surface area contributed by atoms with Crippen LogP contribution in [0.5, 0.6) is 0 Å². The summed E-state index contributed by atoms with van der Waals surface area (Å²) in [5, 5.41) is 5.00. The molecule has 30 heavy (non-hydrogen) atoms. The third-order valence-corrected chi connectivity index (χ3v) is 5.44. The van der Waals surface area contributed by atoms with Crippen molar-refractivity contribution in [3.05, 3.63) is 35.4 Å². The van der Waals surface area contributed by atoms with E-state index in [1.54, 1.807) is 0 Å². The highest BCUT2D eigenvalue weighted by Gasteiger charge is 2.48. The van der Waals surface area contributed by atoms with Crippen molar-refractivity contribution in [1.29, 1.82) is 0 Å². The van der Waals surface area contributed by atoms with Crippen LogP contribution in [-0.2, 0) is 20.6 Å². The van der Waals surface area contributed by atoms with E-state index in [-0.39, 0.29) is 48.8 Å². The first kappa shape index (κ1) is 21.8. The quantitative estimate of drug-likeness (QED) is 0.536. The fraction of sp³-hybridized carbons (Fsp3) is 0.500. The van der Waals surface area contributed by atoms with Crippen molar-refractivity contribution in [2.45, 2.75) is 31.9 Å². The summed E-state index contributed by atoms with van der Waals surface area (Å²) in [6.45, 7) is -0.259. The molecule has 0 aromatic heterocycles. The number of nitrogens with one attached hydrogen (secondary N) is 2. The minimum absolute atomic E-state index is 0.0404. The molecule has 10 heteroatoms. The second kappa shape index (κ2) is 8.85. The Balaban J connectivity index is 1.41. The molecule has 2 fully saturated rings. The average Bonchev–Trinajstić information content (AvgIpc) is 2.95. The van der Waals surface area contributed by atoms with Crippen LogP contribution in [0.4, 0.5) is 13.2 Å². The highest BCUT2D eigenvalue weighted by atomic mass is 19.4. The number of imide groups is 1. The fourth-order valence-electron chi connectivity index (χ4n) is 3.88. The zero-order valence-electron chi connectivity index (χ0n) is 16.1. The molecule has 2 aliphatic rings. The minimum atomic E-state index is -4.48. The monoisotopic (exact) mass is 425 g/mol. The number of carbonyl (C=O) groups is 4. The van der Waals surface area contributed by atoms with Crippen LogP contribution in [-0.4, -0.2) is 48.2 Å². The minimum Gasteiger partial charge on any atom is -0.353 e. The summed E-state index contributed by atoms with van der Waals surface area (Å²) in [4.78, 5) is 49.7. The summed E-state index contributed by atoms with van der Waals surface area (Å²) in [5.74, 6) is -2.32. The second-order valence-electron chi connectivity index (χ2n) is 7.44. The lowest BCUT2D eigenvalue weighted by Crippen LogP contribution is -2.43. The van der Waals surface area contributed by atoms with Crippen molar-refractivity contribution >= 4 is 23.6 Å². The van der Waals surface area contributed by atoms with Gasteiger partial charge in [-0.3, -0.25) is 24.1 Å². The molecule has 0 spiro atoms. The van der Waals surface area contributed by atoms with Crippen LogP contribution in [0.2, 0.25) is 0 Å². The topological polar surface area (TPSA) is 95.6 Å². The number of amides is 4. The summed E-state index contributed by atoms with van der Waals surface area (Å²) in [7, 11) is 0. The Bertz CT molecular complexity index is 815. The van der Waals surface area contributed by atoms with Gasteiger partial charge in [0.15, 0.2) is 0 Å². The van der Waals surface area contributed by atoms with Crippen molar-refractivity contribution in [3.8, 4) is 0 Å². The normalized spacial score (nSPS) is 21.4. The molecule has 1 saturated carbocycles. The Morgan fingerprint density at radius 2 is 1.47 bits per heavy atom. The van der Waals surface area contributed by atoms with Gasteiger partial charge in [-0.15, -0.1) is 0 Å². The molecule has 1 aliphatic heterocycles. The number of nitrogens with zero attached hydrogens (tertiary/aromatic N) is 1. The number of hydrogen-bond acceptors (Lipinski definition) is 4. The van der Waals surface area contributed by atoms with Gasteiger partial charge in [-0.25, -0.2) is 0 Å². The molecule has 1 heterocycles. The van der Waals surface area contributed by atoms with E-state index < -0.39 is 23.6 Å². The lowest BCUT2D eigenvalue weighted by Gasteiger charge is -2.19. The lowest BCUT2D eigenvalue weighted by atomic mass is 9.81. The smallest absolute Gasteiger partial charge is 0.353 e. The highest BCUT2D eigenvalue weighted by Crippen LogP contribution is 2.37. The molecule has 0 bridgehead atoms. The Kier molecular flexibility index (Phi) is 6.42. The molecule has 3 rings (SSSR count). The Hall–Kier alpha value is -2.91. The van der Waals surface area contributed by atoms with Gasteiger partial charge in [0.05, 0.1) is 17.4 Å². The Morgan fingerprint density at radius 3 is 2.00 bits per heavy atom. The third-order valence-electron chi connectivity index (χ3n) is 5.44. The van der Waals surface area contributed by atoms with Crippen molar-refractivity contribution in [2.24, 2.45) is 11.8 Å². The van der Waals surface area contributed by atoms with Gasteiger partial charge in [0.25, 0.3) is 5.91 Å². The van der Waals surface area contributed by atoms with Crippen LogP contribution in [0.1, 0.15) is 41.6 Å². The van der Waals surface area contributed by atoms with Crippen molar-refractivity contribution < 1.29 is 32.3 Å². The molecule has 2 atom stereocenters. The third kappa shape index (κ3) is 4.80. The molecule has 0 radical (unpaired) electrons. The van der Waals surface area contributed by atoms with Crippen LogP contribution >= 0.6 is 0 Å². The maximum Gasteiger partial charge on any atom is 0.416 e. The van der Waals surface area contributed by atoms with E-state index in [0.29, 0.717) is 12.8 Å². The molecule has 162 valence electrons. The molecular formula is C20H22F3N3O4. The van der Waals surface area contributed by atoms with E-state index >= 15 is 0 Å². The van der Waals surface area contributed by atoms with E-state index in [1.807, 2.05) is 0 Å². The van der Waals surface area contributed by atoms with Crippen LogP contribution in [0.15, 0.2) is 24.3 Å². The number of halogens is 3. The average molecular weight is 425 g/mol. The molecule has 7 nitrogen and oxygen atoms in total. The van der Waals surface area contributed by atoms with E-state index in [2.05, 4.69) is 10.6 Å². The van der Waals surface area contributed by atoms with Crippen LogP contribution in [0.25, 0.3) is 0 Å². The lowest BCUT2D eigenvalue weighted by molar-refractivity contribution is -0.143. The van der Waals surface area contributed by atoms with Gasteiger partial charge in [0.1, 0.15) is 6.54 Å². The maximum atomic E-state index is 12.5. The highest BCUT2D eigenvalue weighted by molar-refractivity contribution is 6.07. The number of carbonyl (C=O) groups excluding carboxylic acids is 4. The van der Waals surface area contributed by atoms with Crippen LogP contribution in [0.3, 0.4) is 0 Å². The first-order valence-electron chi connectivity index (χ1n) is 9.76. The van der Waals surface area contributed by atoms with E-state index in [9.17, 15) is 32.3 Å². The molecule has 1 aromatic carbocycles. The van der Waals surface area contributed by atoms with Gasteiger partial charge in [-0.05, 0) is 37.1 Å². The first-order chi connectivity index (χ1) is 14.2. The first-order valence-corrected chi connectivity index (χ1v) is 9.76. The number of hydrogen-bond donors (Lipinski definition) is 2.